The summed E-state index contributed by atoms with van der Waals surface area (Å²) in [7, 11) is -10.7. The summed E-state index contributed by atoms with van der Waals surface area (Å²) in [6.07, 6.45) is 22.1. The Bertz CT molecular complexity index is 5860. The molecule has 0 atom stereocenters. The first-order valence-electron chi connectivity index (χ1n) is 52.3. The summed E-state index contributed by atoms with van der Waals surface area (Å²) in [5.74, 6) is -5.33. The third kappa shape index (κ3) is 35.5. The zero-order valence-electron chi connectivity index (χ0n) is 90.0. The van der Waals surface area contributed by atoms with Crippen molar-refractivity contribution in [2.75, 3.05) is 127 Å². The number of rotatable bonds is 30. The molecule has 30 nitrogen and oxygen atoms in total. The Balaban J connectivity index is 0.000000206. The number of likely N-dealkylation sites (tertiary alicyclic amines) is 3. The Morgan fingerprint density at radius 2 is 0.480 bits per heavy atom. The largest absolute Gasteiger partial charge is 0.385 e. The minimum atomic E-state index is -3.38. The summed E-state index contributed by atoms with van der Waals surface area (Å²) in [5, 5.41) is 16.0. The first-order chi connectivity index (χ1) is 68.8. The van der Waals surface area contributed by atoms with Gasteiger partial charge in [0.1, 0.15) is 51.8 Å². The molecule has 5 amide bonds. The van der Waals surface area contributed by atoms with Crippen molar-refractivity contribution in [3.05, 3.63) is 147 Å². The first-order valence-corrected chi connectivity index (χ1v) is 59.7. The third-order valence-corrected chi connectivity index (χ3v) is 40.2. The molecule has 0 aromatic heterocycles. The van der Waals surface area contributed by atoms with Gasteiger partial charge in [0.25, 0.3) is 29.5 Å². The molecule has 5 saturated carbocycles. The number of amides is 5. The maximum absolute atomic E-state index is 14.5. The number of anilines is 5. The third-order valence-electron chi connectivity index (χ3n) is 28.9. The van der Waals surface area contributed by atoms with E-state index in [1.54, 1.807) is 158 Å². The summed E-state index contributed by atoms with van der Waals surface area (Å²) in [6.45, 7) is 32.4. The molecule has 0 unspecified atom stereocenters. The summed E-state index contributed by atoms with van der Waals surface area (Å²) in [6, 6.07) is 18.3. The van der Waals surface area contributed by atoms with E-state index in [0.29, 0.717) is 100 Å². The number of sulfonamides is 5. The summed E-state index contributed by atoms with van der Waals surface area (Å²) >= 11 is 0. The van der Waals surface area contributed by atoms with Gasteiger partial charge in [-0.05, 0) is 379 Å². The van der Waals surface area contributed by atoms with Crippen molar-refractivity contribution in [2.45, 2.75) is 325 Å². The number of benzene rings is 5. The fourth-order valence-electron chi connectivity index (χ4n) is 18.6. The van der Waals surface area contributed by atoms with Crippen molar-refractivity contribution in [3.8, 4) is 0 Å². The van der Waals surface area contributed by atoms with Crippen LogP contribution in [0, 0.1) is 70.3 Å². The van der Waals surface area contributed by atoms with Crippen LogP contribution in [0.3, 0.4) is 0 Å². The molecule has 42 heteroatoms. The van der Waals surface area contributed by atoms with E-state index in [0.717, 1.165) is 196 Å². The number of carbonyl (C=O) groups excluding carboxylic acids is 5. The smallest absolute Gasteiger partial charge is 0.259 e. The van der Waals surface area contributed by atoms with Crippen LogP contribution in [-0.2, 0) is 50.1 Å². The quantitative estimate of drug-likeness (QED) is 0.0191. The maximum atomic E-state index is 14.5. The van der Waals surface area contributed by atoms with E-state index in [9.17, 15) is 96.8 Å². The van der Waals surface area contributed by atoms with Crippen LogP contribution in [0.4, 0.5) is 59.2 Å². The van der Waals surface area contributed by atoms with Gasteiger partial charge in [-0.2, -0.15) is 0 Å². The highest BCUT2D eigenvalue weighted by atomic mass is 32.2. The summed E-state index contributed by atoms with van der Waals surface area (Å²) < 4.78 is 233. The van der Waals surface area contributed by atoms with Crippen molar-refractivity contribution >= 4 is 108 Å². The predicted octanol–water partition coefficient (Wildman–Crippen LogP) is 18.0. The van der Waals surface area contributed by atoms with Crippen molar-refractivity contribution in [3.63, 3.8) is 0 Å². The molecule has 13 rings (SSSR count). The molecule has 3 saturated heterocycles. The number of nitrogens with zero attached hydrogens (tertiary/aromatic N) is 5. The maximum Gasteiger partial charge on any atom is 0.259 e. The van der Waals surface area contributed by atoms with Gasteiger partial charge in [0.05, 0.1) is 40.4 Å². The minimum absolute atomic E-state index is 0.0130. The number of hydrogen-bond acceptors (Lipinski definition) is 20. The van der Waals surface area contributed by atoms with Crippen LogP contribution in [0.25, 0.3) is 0 Å². The number of nitrogens with one attached hydrogen (secondary N) is 10. The lowest BCUT2D eigenvalue weighted by Gasteiger charge is -2.31. The number of halogens is 7. The van der Waals surface area contributed by atoms with E-state index in [1.165, 1.54) is 60.3 Å². The summed E-state index contributed by atoms with van der Waals surface area (Å²) in [4.78, 5) is 68.5. The molecular formula is C106H164F7N15O15S5. The molecule has 148 heavy (non-hydrogen) atoms. The van der Waals surface area contributed by atoms with E-state index < -0.39 is 138 Å². The molecule has 5 aromatic carbocycles. The van der Waals surface area contributed by atoms with Crippen LogP contribution in [-0.4, -0.2) is 250 Å². The number of carbonyl (C=O) groups is 5. The highest BCUT2D eigenvalue weighted by molar-refractivity contribution is 7.92. The number of hydrogen-bond donors (Lipinski definition) is 10. The molecule has 0 bridgehead atoms. The van der Waals surface area contributed by atoms with Crippen LogP contribution in [0.1, 0.15) is 323 Å². The predicted molar refractivity (Wildman–Crippen MR) is 574 cm³/mol. The van der Waals surface area contributed by atoms with E-state index in [1.807, 2.05) is 0 Å². The average Bonchev–Trinajstić information content (AvgIpc) is 1.56. The Kier molecular flexibility index (Phi) is 44.0. The van der Waals surface area contributed by atoms with Gasteiger partial charge in [-0.25, -0.2) is 96.4 Å². The molecule has 0 radical (unpaired) electrons. The van der Waals surface area contributed by atoms with Gasteiger partial charge in [0.2, 0.25) is 50.1 Å². The van der Waals surface area contributed by atoms with E-state index in [2.05, 4.69) is 50.2 Å². The Morgan fingerprint density at radius 3 is 0.730 bits per heavy atom. The van der Waals surface area contributed by atoms with Gasteiger partial charge >= 0.3 is 0 Å². The van der Waals surface area contributed by atoms with Crippen LogP contribution in [0.5, 0.6) is 0 Å². The van der Waals surface area contributed by atoms with Crippen LogP contribution < -0.4 is 50.2 Å². The fraction of sp³-hybridized carbons (Fsp3) is 0.670. The molecule has 832 valence electrons. The minimum Gasteiger partial charge on any atom is -0.385 e. The second-order valence-corrected chi connectivity index (χ2v) is 58.6. The second-order valence-electron chi connectivity index (χ2n) is 46.3. The van der Waals surface area contributed by atoms with Crippen LogP contribution in [0.2, 0.25) is 0 Å². The van der Waals surface area contributed by atoms with Crippen LogP contribution in [0.15, 0.2) is 78.9 Å². The van der Waals surface area contributed by atoms with Gasteiger partial charge < -0.3 is 51.1 Å². The molecule has 5 aromatic rings. The second kappa shape index (κ2) is 52.9. The van der Waals surface area contributed by atoms with E-state index in [-0.39, 0.29) is 82.1 Å². The lowest BCUT2D eigenvalue weighted by atomic mass is 9.86. The lowest BCUT2D eigenvalue weighted by molar-refractivity contribution is 0.0776. The lowest BCUT2D eigenvalue weighted by Crippen LogP contribution is -2.46. The molecule has 8 aliphatic rings. The topological polar surface area (TPSA) is 393 Å². The van der Waals surface area contributed by atoms with Crippen molar-refractivity contribution in [1.82, 2.24) is 48.1 Å². The van der Waals surface area contributed by atoms with Crippen molar-refractivity contribution in [2.24, 2.45) is 29.6 Å². The molecule has 8 fully saturated rings. The van der Waals surface area contributed by atoms with E-state index in [4.69, 9.17) is 0 Å². The van der Waals surface area contributed by atoms with Crippen molar-refractivity contribution < 1.29 is 96.8 Å². The molecular weight excluding hydrogens is 2020 g/mol. The average molecular weight is 2180 g/mol. The molecule has 3 aliphatic heterocycles. The Labute approximate surface area is 875 Å². The van der Waals surface area contributed by atoms with Gasteiger partial charge in [-0.15, -0.1) is 0 Å². The molecule has 5 aliphatic carbocycles. The molecule has 10 N–H and O–H groups in total. The van der Waals surface area contributed by atoms with Crippen molar-refractivity contribution in [1.29, 1.82) is 0 Å². The Morgan fingerprint density at radius 1 is 0.264 bits per heavy atom. The van der Waals surface area contributed by atoms with Gasteiger partial charge in [0.15, 0.2) is 0 Å². The van der Waals surface area contributed by atoms with Crippen LogP contribution >= 0.6 is 0 Å². The molecule has 3 heterocycles. The highest BCUT2D eigenvalue weighted by Crippen LogP contribution is 2.37. The standard InChI is InChI=1S/C22H33F2N3O3S.2C22H34FN3O3S.C20H31F2N3O3S.C20H32FN3O3S/c1-22(2,3)31(29,30)26-16-8-6-15(7-9-16)14-25-17-12-18(23)20(19(24)13-17)21(28)27-10-4-5-11-27;1-22(2,3)30(28,29)25-17-8-6-16(7-9-17)15-24-18-10-11-20(23)19(14-18)21(27)26-12-4-5-13-26;1-22(2,3)30(28,29)25-17-8-6-16(7-9-17)15-24-18-10-11-19(20(23)14-18)21(27)26-12-4-5-13-26;1-20(2,3)29(27,28)24-14-8-6-13(7-9-14)12-23-15-10-16(21)18(17(22)11-15)19(26)25(4)5;1-20(2,3)28(26,27)23-15-8-6-14(7-9-15)13-22-16-10-11-17(18(21)12-16)19(25)24(4)5/h12-13,15-16,25-26H,4-11,14H2,1-3H3;2*10-11,14,16-17,24-25H,4-9,12-13,15H2,1-3H3;10-11,13-14,23-24H,6-9,12H2,1-5H3;10-12,14-15,22-23H,6-9,13H2,1-5H3. The fourth-order valence-corrected chi connectivity index (χ4v) is 23.7. The molecule has 0 spiro atoms. The van der Waals surface area contributed by atoms with Gasteiger partial charge in [-0.1, -0.05) is 0 Å². The van der Waals surface area contributed by atoms with Gasteiger partial charge in [-0.3, -0.25) is 24.0 Å². The highest BCUT2D eigenvalue weighted by Gasteiger charge is 2.41. The zero-order chi connectivity index (χ0) is 110. The van der Waals surface area contributed by atoms with E-state index >= 15 is 0 Å². The first kappa shape index (κ1) is 123. The van der Waals surface area contributed by atoms with Gasteiger partial charge in [0, 0.05) is 159 Å². The Hall–Kier alpha value is -8.49. The monoisotopic (exact) mass is 2180 g/mol. The zero-order valence-corrected chi connectivity index (χ0v) is 94.1. The summed E-state index contributed by atoms with van der Waals surface area (Å²) in [5.41, 5.74) is 1.91. The SMILES string of the molecule is CC(C)(C)S(=O)(=O)NC1CCC(CNc2cc(F)c(C(=O)N3CCCC3)c(F)c2)CC1.CC(C)(C)S(=O)(=O)NC1CCC(CNc2ccc(C(=O)N3CCCC3)c(F)c2)CC1.CC(C)(C)S(=O)(=O)NC1CCC(CNc2ccc(F)c(C(=O)N3CCCC3)c2)CC1.CN(C)C(=O)c1c(F)cc(NCC2CCC(NS(=O)(=O)C(C)(C)C)CC2)cc1F.CN(C)C(=O)c1ccc(NCC2CCC(NS(=O)(=O)C(C)(C)C)CC2)cc1F. The normalized spacial score (nSPS) is 21.9.